The van der Waals surface area contributed by atoms with Crippen molar-refractivity contribution in [1.82, 2.24) is 5.32 Å². The van der Waals surface area contributed by atoms with Gasteiger partial charge in [0, 0.05) is 31.7 Å². The van der Waals surface area contributed by atoms with Gasteiger partial charge in [0.1, 0.15) is 0 Å². The number of hydrogen-bond acceptors (Lipinski definition) is 4. The van der Waals surface area contributed by atoms with Crippen LogP contribution in [0.25, 0.3) is 0 Å². The van der Waals surface area contributed by atoms with Gasteiger partial charge in [-0.1, -0.05) is 0 Å². The predicted octanol–water partition coefficient (Wildman–Crippen LogP) is 1.96. The number of carbonyl (C=O) groups excluding carboxylic acids is 1. The Hall–Kier alpha value is -1.90. The third kappa shape index (κ3) is 2.85. The largest absolute Gasteiger partial charge is 0.481 e. The monoisotopic (exact) mass is 303 g/mol. The van der Waals surface area contributed by atoms with Crippen LogP contribution in [0, 0.1) is 29.6 Å². The third-order valence-electron chi connectivity index (χ3n) is 5.31. The van der Waals surface area contributed by atoms with Gasteiger partial charge < -0.3 is 10.4 Å². The van der Waals surface area contributed by atoms with E-state index in [1.54, 1.807) is 0 Å². The smallest absolute Gasteiger partial charge is 0.306 e. The number of carboxylic acid groups (broad SMARTS) is 1. The van der Waals surface area contributed by atoms with Gasteiger partial charge in [-0.3, -0.25) is 9.59 Å². The summed E-state index contributed by atoms with van der Waals surface area (Å²) in [7, 11) is 0. The number of carbonyl (C=O) groups is 2. The molecule has 22 heavy (non-hydrogen) atoms. The zero-order valence-electron chi connectivity index (χ0n) is 12.5. The normalized spacial score (nSPS) is 33.4. The number of aliphatic carboxylic acids is 1. The molecule has 0 atom stereocenters. The summed E-state index contributed by atoms with van der Waals surface area (Å²) in [4.78, 5) is 22.9. The molecule has 0 radical (unpaired) electrons. The van der Waals surface area contributed by atoms with E-state index in [1.165, 1.54) is 0 Å². The highest BCUT2D eigenvalue weighted by molar-refractivity contribution is 5.80. The molecule has 2 aliphatic carbocycles. The van der Waals surface area contributed by atoms with Crippen LogP contribution in [0.5, 0.6) is 0 Å². The minimum Gasteiger partial charge on any atom is -0.481 e. The summed E-state index contributed by atoms with van der Waals surface area (Å²) >= 11 is 0. The Kier molecular flexibility index (Phi) is 3.67. The summed E-state index contributed by atoms with van der Waals surface area (Å²) in [5.74, 6) is 1.81. The first-order valence-electron chi connectivity index (χ1n) is 7.86. The van der Waals surface area contributed by atoms with Crippen LogP contribution in [0.2, 0.25) is 0 Å². The molecule has 1 heterocycles. The van der Waals surface area contributed by atoms with E-state index in [-0.39, 0.29) is 28.8 Å². The van der Waals surface area contributed by atoms with Crippen LogP contribution in [0.1, 0.15) is 44.9 Å². The van der Waals surface area contributed by atoms with Crippen molar-refractivity contribution in [1.29, 1.82) is 0 Å². The Morgan fingerprint density at radius 1 is 1.18 bits per heavy atom. The van der Waals surface area contributed by atoms with E-state index in [2.05, 4.69) is 21.5 Å². The molecule has 0 aromatic carbocycles. The van der Waals surface area contributed by atoms with Crippen LogP contribution in [0.15, 0.2) is 10.2 Å². The van der Waals surface area contributed by atoms with Gasteiger partial charge in [-0.05, 0) is 31.1 Å². The Labute approximate surface area is 129 Å². The second-order valence-corrected chi connectivity index (χ2v) is 6.98. The Morgan fingerprint density at radius 2 is 1.82 bits per heavy atom. The third-order valence-corrected chi connectivity index (χ3v) is 5.31. The molecule has 0 unspecified atom stereocenters. The average Bonchev–Trinajstić information content (AvgIpc) is 3.13. The Morgan fingerprint density at radius 3 is 2.36 bits per heavy atom. The highest BCUT2D eigenvalue weighted by Gasteiger charge is 2.56. The quantitative estimate of drug-likeness (QED) is 0.704. The number of hydrogen-bond donors (Lipinski definition) is 2. The maximum atomic E-state index is 12.1. The molecule has 3 rings (SSSR count). The number of nitrogens with zero attached hydrogens (tertiary/aromatic N) is 2. The van der Waals surface area contributed by atoms with Crippen LogP contribution in [-0.2, 0) is 9.59 Å². The average molecular weight is 303 g/mol. The van der Waals surface area contributed by atoms with Crippen LogP contribution in [0.4, 0.5) is 0 Å². The van der Waals surface area contributed by atoms with E-state index in [9.17, 15) is 9.59 Å². The van der Waals surface area contributed by atoms with Crippen molar-refractivity contribution < 1.29 is 14.7 Å². The fourth-order valence-electron chi connectivity index (χ4n) is 3.86. The molecule has 6 heteroatoms. The summed E-state index contributed by atoms with van der Waals surface area (Å²) in [6.45, 7) is 0.567. The highest BCUT2D eigenvalue weighted by Crippen LogP contribution is 2.61. The van der Waals surface area contributed by atoms with Gasteiger partial charge in [0.2, 0.25) is 5.91 Å². The standard InChI is InChI=1S/C16H21N3O3/c1-2-3-4-16(18-19-16)5-6-17-13(20)11-7-15(8-11)9-12(10-15)14(21)22/h1,11-12H,3-10H2,(H,17,20)(H,21,22). The van der Waals surface area contributed by atoms with Crippen LogP contribution >= 0.6 is 0 Å². The zero-order valence-corrected chi connectivity index (χ0v) is 12.5. The molecule has 1 aliphatic heterocycles. The van der Waals surface area contributed by atoms with Crippen molar-refractivity contribution in [3.05, 3.63) is 0 Å². The number of terminal acetylenes is 1. The molecule has 1 amide bonds. The molecule has 2 fully saturated rings. The second kappa shape index (κ2) is 5.38. The van der Waals surface area contributed by atoms with E-state index in [4.69, 9.17) is 11.5 Å². The molecule has 0 aromatic heterocycles. The molecule has 118 valence electrons. The molecule has 1 spiro atoms. The van der Waals surface area contributed by atoms with Gasteiger partial charge in [-0.15, -0.1) is 12.3 Å². The van der Waals surface area contributed by atoms with E-state index >= 15 is 0 Å². The van der Waals surface area contributed by atoms with Crippen molar-refractivity contribution in [2.75, 3.05) is 6.54 Å². The zero-order chi connectivity index (χ0) is 15.8. The van der Waals surface area contributed by atoms with Gasteiger partial charge in [0.25, 0.3) is 0 Å². The number of carboxylic acids is 1. The lowest BCUT2D eigenvalue weighted by Gasteiger charge is -2.56. The second-order valence-electron chi connectivity index (χ2n) is 6.98. The number of rotatable bonds is 7. The SMILES string of the molecule is C#CCCC1(CCNC(=O)C2CC3(CC(C(=O)O)C3)C2)N=N1. The van der Waals surface area contributed by atoms with Crippen molar-refractivity contribution in [3.63, 3.8) is 0 Å². The maximum absolute atomic E-state index is 12.1. The van der Waals surface area contributed by atoms with Gasteiger partial charge >= 0.3 is 5.97 Å². The van der Waals surface area contributed by atoms with Crippen LogP contribution < -0.4 is 5.32 Å². The molecular formula is C16H21N3O3. The fourth-order valence-corrected chi connectivity index (χ4v) is 3.86. The van der Waals surface area contributed by atoms with Gasteiger partial charge in [0.05, 0.1) is 5.92 Å². The summed E-state index contributed by atoms with van der Waals surface area (Å²) < 4.78 is 0. The molecule has 3 aliphatic rings. The first-order valence-corrected chi connectivity index (χ1v) is 7.86. The Balaban J connectivity index is 1.32. The van der Waals surface area contributed by atoms with Gasteiger partial charge in [-0.25, -0.2) is 0 Å². The van der Waals surface area contributed by atoms with E-state index in [1.807, 2.05) is 0 Å². The summed E-state index contributed by atoms with van der Waals surface area (Å²) in [6.07, 6.45) is 10.5. The fraction of sp³-hybridized carbons (Fsp3) is 0.750. The van der Waals surface area contributed by atoms with E-state index < -0.39 is 5.97 Å². The van der Waals surface area contributed by atoms with Gasteiger partial charge in [0.15, 0.2) is 5.66 Å². The van der Waals surface area contributed by atoms with Crippen molar-refractivity contribution in [2.45, 2.75) is 50.6 Å². The van der Waals surface area contributed by atoms with Crippen molar-refractivity contribution >= 4 is 11.9 Å². The predicted molar refractivity (Wildman–Crippen MR) is 78.8 cm³/mol. The molecule has 0 bridgehead atoms. The maximum Gasteiger partial charge on any atom is 0.306 e. The van der Waals surface area contributed by atoms with Crippen LogP contribution in [-0.4, -0.2) is 29.2 Å². The van der Waals surface area contributed by atoms with Crippen molar-refractivity contribution in [3.8, 4) is 12.3 Å². The lowest BCUT2D eigenvalue weighted by Crippen LogP contribution is -2.53. The topological polar surface area (TPSA) is 91.1 Å². The number of amides is 1. The van der Waals surface area contributed by atoms with Crippen LogP contribution in [0.3, 0.4) is 0 Å². The number of nitrogens with one attached hydrogen (secondary N) is 1. The van der Waals surface area contributed by atoms with Crippen molar-refractivity contribution in [2.24, 2.45) is 27.5 Å². The molecule has 2 saturated carbocycles. The van der Waals surface area contributed by atoms with E-state index in [0.717, 1.165) is 32.1 Å². The van der Waals surface area contributed by atoms with E-state index in [0.29, 0.717) is 19.4 Å². The molecule has 6 nitrogen and oxygen atoms in total. The van der Waals surface area contributed by atoms with Gasteiger partial charge in [-0.2, -0.15) is 10.2 Å². The Bertz CT molecular complexity index is 543. The molecular weight excluding hydrogens is 282 g/mol. The molecule has 2 N–H and O–H groups in total. The lowest BCUT2D eigenvalue weighted by atomic mass is 9.48. The first-order chi connectivity index (χ1) is 10.5. The summed E-state index contributed by atoms with van der Waals surface area (Å²) in [5, 5.41) is 19.9. The molecule has 0 saturated heterocycles. The first kappa shape index (κ1) is 15.0. The summed E-state index contributed by atoms with van der Waals surface area (Å²) in [5.41, 5.74) is -0.205. The minimum absolute atomic E-state index is 0.0458. The minimum atomic E-state index is -0.701. The molecule has 0 aromatic rings. The lowest BCUT2D eigenvalue weighted by molar-refractivity contribution is -0.161. The highest BCUT2D eigenvalue weighted by atomic mass is 16.4. The summed E-state index contributed by atoms with van der Waals surface area (Å²) in [6, 6.07) is 0.